The Balaban J connectivity index is 1.71. The Morgan fingerprint density at radius 3 is 2.18 bits per heavy atom. The van der Waals surface area contributed by atoms with E-state index < -0.39 is 22.2 Å². The van der Waals surface area contributed by atoms with Crippen LogP contribution in [0.3, 0.4) is 0 Å². The molecule has 38 heavy (non-hydrogen) atoms. The number of carbonyl (C=O) groups is 4. The predicted molar refractivity (Wildman–Crippen MR) is 143 cm³/mol. The molecule has 5 rings (SSSR count). The van der Waals surface area contributed by atoms with Gasteiger partial charge in [0.05, 0.1) is 18.1 Å². The number of carbonyl (C=O) groups excluding carboxylic acids is 3. The number of ether oxygens (including phenoxy) is 1. The Bertz CT molecular complexity index is 1200. The lowest BCUT2D eigenvalue weighted by Crippen LogP contribution is -2.66. The van der Waals surface area contributed by atoms with Gasteiger partial charge in [-0.2, -0.15) is 0 Å². The molecule has 0 bridgehead atoms. The van der Waals surface area contributed by atoms with Crippen molar-refractivity contribution in [1.82, 2.24) is 0 Å². The summed E-state index contributed by atoms with van der Waals surface area (Å²) in [5.41, 5.74) is -2.11. The summed E-state index contributed by atoms with van der Waals surface area (Å²) in [5, 5.41) is 9.96. The lowest BCUT2D eigenvalue weighted by atomic mass is 9.34. The fourth-order valence-electron chi connectivity index (χ4n) is 10.3. The number of hydrogen-bond acceptors (Lipinski definition) is 5. The van der Waals surface area contributed by atoms with Crippen molar-refractivity contribution < 1.29 is 29.0 Å². The number of allylic oxidation sites excluding steroid dienone is 3. The number of aliphatic carboxylic acids is 1. The summed E-state index contributed by atoms with van der Waals surface area (Å²) in [6, 6.07) is 0. The van der Waals surface area contributed by atoms with Gasteiger partial charge < -0.3 is 9.84 Å². The number of ketones is 2. The van der Waals surface area contributed by atoms with Crippen LogP contribution in [-0.2, 0) is 23.9 Å². The molecule has 5 aliphatic rings. The average Bonchev–Trinajstić information content (AvgIpc) is 2.82. The van der Waals surface area contributed by atoms with Crippen molar-refractivity contribution in [3.8, 4) is 0 Å². The molecule has 0 heterocycles. The Hall–Kier alpha value is -2.24. The Kier molecular flexibility index (Phi) is 5.69. The minimum Gasteiger partial charge on any atom is -0.478 e. The normalized spacial score (nSPS) is 44.9. The quantitative estimate of drug-likeness (QED) is 0.355. The van der Waals surface area contributed by atoms with E-state index in [1.807, 2.05) is 26.8 Å². The predicted octanol–water partition coefficient (Wildman–Crippen LogP) is 5.94. The molecule has 0 aromatic rings. The first kappa shape index (κ1) is 27.3. The minimum atomic E-state index is -1.20. The molecule has 3 saturated carbocycles. The van der Waals surface area contributed by atoms with Gasteiger partial charge in [0.25, 0.3) is 0 Å². The summed E-state index contributed by atoms with van der Waals surface area (Å²) in [5.74, 6) is -2.14. The fraction of sp³-hybridized carbons (Fsp3) is 0.750. The number of carboxylic acids is 1. The first-order valence-corrected chi connectivity index (χ1v) is 14.3. The van der Waals surface area contributed by atoms with Crippen molar-refractivity contribution >= 4 is 23.5 Å². The van der Waals surface area contributed by atoms with Crippen LogP contribution in [0.2, 0.25) is 0 Å². The largest absolute Gasteiger partial charge is 0.478 e. The number of fused-ring (bicyclic) bond motifs is 7. The number of Topliss-reactive ketones (excluding diaryl/α,β-unsaturated/α-hetero) is 1. The van der Waals surface area contributed by atoms with Gasteiger partial charge in [-0.25, -0.2) is 4.79 Å². The van der Waals surface area contributed by atoms with Crippen molar-refractivity contribution in [2.75, 3.05) is 7.11 Å². The molecule has 0 radical (unpaired) electrons. The van der Waals surface area contributed by atoms with Crippen molar-refractivity contribution in [2.24, 2.45) is 50.2 Å². The zero-order valence-corrected chi connectivity index (χ0v) is 24.3. The highest BCUT2D eigenvalue weighted by Gasteiger charge is 2.71. The first-order chi connectivity index (χ1) is 17.4. The maximum atomic E-state index is 14.4. The molecule has 5 aliphatic carbocycles. The monoisotopic (exact) mass is 524 g/mol. The van der Waals surface area contributed by atoms with Gasteiger partial charge in [0, 0.05) is 16.7 Å². The second-order valence-corrected chi connectivity index (χ2v) is 15.1. The van der Waals surface area contributed by atoms with E-state index in [-0.39, 0.29) is 57.1 Å². The number of rotatable bonds is 2. The molecule has 7 atom stereocenters. The van der Waals surface area contributed by atoms with Gasteiger partial charge in [-0.3, -0.25) is 14.4 Å². The molecule has 0 aromatic heterocycles. The molecule has 6 heteroatoms. The van der Waals surface area contributed by atoms with Gasteiger partial charge in [0.2, 0.25) is 0 Å². The highest BCUT2D eigenvalue weighted by molar-refractivity contribution is 6.19. The average molecular weight is 525 g/mol. The summed E-state index contributed by atoms with van der Waals surface area (Å²) in [7, 11) is 1.46. The van der Waals surface area contributed by atoms with Crippen molar-refractivity contribution in [3.63, 3.8) is 0 Å². The van der Waals surface area contributed by atoms with Crippen LogP contribution in [0.25, 0.3) is 0 Å². The van der Waals surface area contributed by atoms with Crippen LogP contribution < -0.4 is 0 Å². The van der Waals surface area contributed by atoms with E-state index in [2.05, 4.69) is 27.7 Å². The molecule has 0 aromatic carbocycles. The van der Waals surface area contributed by atoms with Crippen LogP contribution in [0.5, 0.6) is 0 Å². The second kappa shape index (κ2) is 7.91. The Morgan fingerprint density at radius 2 is 1.58 bits per heavy atom. The van der Waals surface area contributed by atoms with Crippen LogP contribution >= 0.6 is 0 Å². The maximum absolute atomic E-state index is 14.4. The van der Waals surface area contributed by atoms with E-state index in [0.29, 0.717) is 6.42 Å². The van der Waals surface area contributed by atoms with E-state index in [0.717, 1.165) is 44.1 Å². The molecular formula is C32H44O6. The third-order valence-corrected chi connectivity index (χ3v) is 12.6. The lowest BCUT2D eigenvalue weighted by molar-refractivity contribution is -0.191. The zero-order chi connectivity index (χ0) is 28.3. The summed E-state index contributed by atoms with van der Waals surface area (Å²) in [6.45, 7) is 14.8. The molecule has 0 spiro atoms. The third-order valence-electron chi connectivity index (χ3n) is 12.6. The molecule has 0 saturated heterocycles. The number of hydrogen-bond donors (Lipinski definition) is 1. The number of esters is 1. The highest BCUT2D eigenvalue weighted by Crippen LogP contribution is 2.74. The minimum absolute atomic E-state index is 0.0299. The molecule has 0 amide bonds. The van der Waals surface area contributed by atoms with Crippen LogP contribution in [-0.4, -0.2) is 35.7 Å². The fourth-order valence-corrected chi connectivity index (χ4v) is 10.3. The topological polar surface area (TPSA) is 97.7 Å². The summed E-state index contributed by atoms with van der Waals surface area (Å²) < 4.78 is 5.39. The molecular weight excluding hydrogens is 480 g/mol. The van der Waals surface area contributed by atoms with Crippen LogP contribution in [0.1, 0.15) is 93.4 Å². The van der Waals surface area contributed by atoms with Gasteiger partial charge in [0.1, 0.15) is 0 Å². The molecule has 1 N–H and O–H groups in total. The summed E-state index contributed by atoms with van der Waals surface area (Å²) >= 11 is 0. The summed E-state index contributed by atoms with van der Waals surface area (Å²) in [4.78, 5) is 53.2. The number of methoxy groups -OCH3 is 1. The van der Waals surface area contributed by atoms with E-state index >= 15 is 0 Å². The Morgan fingerprint density at radius 1 is 0.947 bits per heavy atom. The van der Waals surface area contributed by atoms with Gasteiger partial charge >= 0.3 is 11.9 Å². The molecule has 1 unspecified atom stereocenters. The zero-order valence-electron chi connectivity index (χ0n) is 24.3. The van der Waals surface area contributed by atoms with Crippen LogP contribution in [0, 0.1) is 50.2 Å². The van der Waals surface area contributed by atoms with Gasteiger partial charge in [0.15, 0.2) is 11.6 Å². The van der Waals surface area contributed by atoms with Gasteiger partial charge in [-0.15, -0.1) is 0 Å². The number of carboxylic acid groups (broad SMARTS) is 1. The van der Waals surface area contributed by atoms with E-state index in [1.54, 1.807) is 6.08 Å². The molecule has 3 fully saturated rings. The lowest BCUT2D eigenvalue weighted by Gasteiger charge is -2.68. The third kappa shape index (κ3) is 3.18. The van der Waals surface area contributed by atoms with Crippen molar-refractivity contribution in [2.45, 2.75) is 93.4 Å². The van der Waals surface area contributed by atoms with E-state index in [4.69, 9.17) is 4.74 Å². The smallest absolute Gasteiger partial charge is 0.339 e. The van der Waals surface area contributed by atoms with Crippen molar-refractivity contribution in [1.29, 1.82) is 0 Å². The standard InChI is InChI=1S/C32H44O6/c1-27(2)11-13-32(26(37)38-8)14-12-31(7)23(19(32)17-27)20(33)15-22-29(5)16-18(25(35)36)24(34)28(3,4)21(29)9-10-30(22,31)6/h15-16,19,21,23H,9-14,17H2,1-8H3,(H,35,36)/t19-,21?,23+,29+,30-,31-,32+/m1/s1. The van der Waals surface area contributed by atoms with Crippen LogP contribution in [0.15, 0.2) is 23.3 Å². The highest BCUT2D eigenvalue weighted by atomic mass is 16.5. The first-order valence-electron chi connectivity index (χ1n) is 14.3. The second-order valence-electron chi connectivity index (χ2n) is 15.1. The maximum Gasteiger partial charge on any atom is 0.339 e. The van der Waals surface area contributed by atoms with Gasteiger partial charge in [-0.05, 0) is 79.1 Å². The SMILES string of the molecule is COC(=O)[C@]12CCC(C)(C)C[C@@H]1[C@H]1C(=O)C=C3[C@@]4(C)C=C(C(=O)O)C(=O)C(C)(C)C4CC[C@@]3(C)[C@]1(C)CC2. The van der Waals surface area contributed by atoms with E-state index in [9.17, 15) is 24.3 Å². The van der Waals surface area contributed by atoms with Crippen LogP contribution in [0.4, 0.5) is 0 Å². The Labute approximate surface area is 226 Å². The molecule has 208 valence electrons. The van der Waals surface area contributed by atoms with E-state index in [1.165, 1.54) is 7.11 Å². The van der Waals surface area contributed by atoms with Crippen molar-refractivity contribution in [3.05, 3.63) is 23.3 Å². The molecule has 0 aliphatic heterocycles. The summed E-state index contributed by atoms with van der Waals surface area (Å²) in [6.07, 6.45) is 9.00. The molecule has 6 nitrogen and oxygen atoms in total. The van der Waals surface area contributed by atoms with Gasteiger partial charge in [-0.1, -0.05) is 60.1 Å².